The zero-order chi connectivity index (χ0) is 12.6. The fourth-order valence-electron chi connectivity index (χ4n) is 3.47. The number of aromatic nitrogens is 1. The molecule has 2 fully saturated rings. The Labute approximate surface area is 116 Å². The van der Waals surface area contributed by atoms with E-state index in [9.17, 15) is 4.79 Å². The average Bonchev–Trinajstić information content (AvgIpc) is 3.00. The number of H-pyrrole nitrogens is 1. The van der Waals surface area contributed by atoms with Gasteiger partial charge in [0.25, 0.3) is 5.91 Å². The summed E-state index contributed by atoms with van der Waals surface area (Å²) in [5.74, 6) is 0.147. The Morgan fingerprint density at radius 1 is 1.22 bits per heavy atom. The minimum Gasteiger partial charge on any atom is -0.356 e. The van der Waals surface area contributed by atoms with Gasteiger partial charge in [-0.05, 0) is 53.1 Å². The summed E-state index contributed by atoms with van der Waals surface area (Å²) in [4.78, 5) is 17.3. The standard InChI is InChI=1S/C14H19BrN2O/c15-11-9-12(16-10-11)13(18)17-7-5-14(6-8-17)3-1-2-4-14/h9-10,16H,1-8H2. The van der Waals surface area contributed by atoms with Crippen LogP contribution in [-0.4, -0.2) is 28.9 Å². The van der Waals surface area contributed by atoms with Gasteiger partial charge in [0.15, 0.2) is 0 Å². The van der Waals surface area contributed by atoms with Crippen LogP contribution in [0.4, 0.5) is 0 Å². The van der Waals surface area contributed by atoms with E-state index in [0.29, 0.717) is 11.1 Å². The Balaban J connectivity index is 1.64. The summed E-state index contributed by atoms with van der Waals surface area (Å²) in [5.41, 5.74) is 1.27. The second-order valence-electron chi connectivity index (χ2n) is 5.73. The summed E-state index contributed by atoms with van der Waals surface area (Å²) < 4.78 is 0.940. The van der Waals surface area contributed by atoms with E-state index in [2.05, 4.69) is 20.9 Å². The zero-order valence-electron chi connectivity index (χ0n) is 10.5. The van der Waals surface area contributed by atoms with Crippen LogP contribution in [0.3, 0.4) is 0 Å². The number of halogens is 1. The van der Waals surface area contributed by atoms with Gasteiger partial charge in [-0.25, -0.2) is 0 Å². The van der Waals surface area contributed by atoms with Crippen LogP contribution >= 0.6 is 15.9 Å². The van der Waals surface area contributed by atoms with Crippen LogP contribution in [0.5, 0.6) is 0 Å². The number of carbonyl (C=O) groups is 1. The number of hydrogen-bond acceptors (Lipinski definition) is 1. The molecular weight excluding hydrogens is 292 g/mol. The highest BCUT2D eigenvalue weighted by Gasteiger charge is 2.38. The summed E-state index contributed by atoms with van der Waals surface area (Å²) in [7, 11) is 0. The molecule has 4 heteroatoms. The Morgan fingerprint density at radius 3 is 2.44 bits per heavy atom. The minimum atomic E-state index is 0.147. The lowest BCUT2D eigenvalue weighted by molar-refractivity contribution is 0.0582. The monoisotopic (exact) mass is 310 g/mol. The molecule has 3 nitrogen and oxygen atoms in total. The van der Waals surface area contributed by atoms with E-state index in [0.717, 1.165) is 17.6 Å². The molecule has 1 amide bonds. The molecule has 2 heterocycles. The van der Waals surface area contributed by atoms with Crippen LogP contribution in [0.25, 0.3) is 0 Å². The van der Waals surface area contributed by atoms with Crippen molar-refractivity contribution in [2.45, 2.75) is 38.5 Å². The predicted molar refractivity (Wildman–Crippen MR) is 74.5 cm³/mol. The molecule has 0 unspecified atom stereocenters. The SMILES string of the molecule is O=C(c1cc(Br)c[nH]1)N1CCC2(CCCC2)CC1. The van der Waals surface area contributed by atoms with Crippen LogP contribution in [0.1, 0.15) is 49.0 Å². The largest absolute Gasteiger partial charge is 0.356 e. The van der Waals surface area contributed by atoms with Crippen LogP contribution in [0, 0.1) is 5.41 Å². The highest BCUT2D eigenvalue weighted by Crippen LogP contribution is 2.46. The van der Waals surface area contributed by atoms with Crippen LogP contribution in [-0.2, 0) is 0 Å². The first kappa shape index (κ1) is 12.3. The molecule has 1 saturated heterocycles. The molecule has 0 atom stereocenters. The van der Waals surface area contributed by atoms with Gasteiger partial charge in [0.1, 0.15) is 5.69 Å². The Bertz CT molecular complexity index is 438. The van der Waals surface area contributed by atoms with Gasteiger partial charge in [0.05, 0.1) is 0 Å². The number of nitrogens with zero attached hydrogens (tertiary/aromatic N) is 1. The summed E-state index contributed by atoms with van der Waals surface area (Å²) in [5, 5.41) is 0. The van der Waals surface area contributed by atoms with Gasteiger partial charge < -0.3 is 9.88 Å². The smallest absolute Gasteiger partial charge is 0.270 e. The summed E-state index contributed by atoms with van der Waals surface area (Å²) in [6.07, 6.45) is 9.73. The fraction of sp³-hybridized carbons (Fsp3) is 0.643. The van der Waals surface area contributed by atoms with Crippen molar-refractivity contribution in [2.75, 3.05) is 13.1 Å². The van der Waals surface area contributed by atoms with Gasteiger partial charge in [-0.3, -0.25) is 4.79 Å². The molecule has 3 rings (SSSR count). The van der Waals surface area contributed by atoms with E-state index in [1.807, 2.05) is 17.2 Å². The second-order valence-corrected chi connectivity index (χ2v) is 6.65. The molecule has 0 bridgehead atoms. The molecule has 1 aliphatic heterocycles. The highest BCUT2D eigenvalue weighted by molar-refractivity contribution is 9.10. The van der Waals surface area contributed by atoms with Gasteiger partial charge in [-0.1, -0.05) is 12.8 Å². The summed E-state index contributed by atoms with van der Waals surface area (Å²) in [6, 6.07) is 1.86. The molecule has 18 heavy (non-hydrogen) atoms. The Kier molecular flexibility index (Phi) is 3.22. The quantitative estimate of drug-likeness (QED) is 0.845. The molecule has 1 aromatic rings. The molecule has 1 spiro atoms. The van der Waals surface area contributed by atoms with Gasteiger partial charge in [-0.15, -0.1) is 0 Å². The number of piperidine rings is 1. The molecular formula is C14H19BrN2O. The number of aromatic amines is 1. The van der Waals surface area contributed by atoms with E-state index in [4.69, 9.17) is 0 Å². The predicted octanol–water partition coefficient (Wildman–Crippen LogP) is 3.57. The first-order valence-electron chi connectivity index (χ1n) is 6.82. The number of hydrogen-bond donors (Lipinski definition) is 1. The number of likely N-dealkylation sites (tertiary alicyclic amines) is 1. The molecule has 98 valence electrons. The van der Waals surface area contributed by atoms with Gasteiger partial charge in [0, 0.05) is 23.8 Å². The minimum absolute atomic E-state index is 0.147. The van der Waals surface area contributed by atoms with Crippen LogP contribution < -0.4 is 0 Å². The van der Waals surface area contributed by atoms with Crippen molar-refractivity contribution in [3.8, 4) is 0 Å². The molecule has 1 aromatic heterocycles. The third-order valence-corrected chi connectivity index (χ3v) is 5.11. The number of nitrogens with one attached hydrogen (secondary N) is 1. The maximum atomic E-state index is 12.3. The normalized spacial score (nSPS) is 22.6. The lowest BCUT2D eigenvalue weighted by atomic mass is 9.77. The summed E-state index contributed by atoms with van der Waals surface area (Å²) in [6.45, 7) is 1.85. The van der Waals surface area contributed by atoms with Crippen molar-refractivity contribution in [3.63, 3.8) is 0 Å². The van der Waals surface area contributed by atoms with E-state index in [-0.39, 0.29) is 5.91 Å². The molecule has 0 aromatic carbocycles. The van der Waals surface area contributed by atoms with Crippen molar-refractivity contribution in [2.24, 2.45) is 5.41 Å². The first-order valence-corrected chi connectivity index (χ1v) is 7.61. The van der Waals surface area contributed by atoms with E-state index >= 15 is 0 Å². The number of amides is 1. The van der Waals surface area contributed by atoms with Gasteiger partial charge in [-0.2, -0.15) is 0 Å². The molecule has 2 aliphatic rings. The van der Waals surface area contributed by atoms with Crippen LogP contribution in [0.15, 0.2) is 16.7 Å². The fourth-order valence-corrected chi connectivity index (χ4v) is 3.81. The van der Waals surface area contributed by atoms with Crippen molar-refractivity contribution in [3.05, 3.63) is 22.4 Å². The molecule has 1 aliphatic carbocycles. The van der Waals surface area contributed by atoms with Gasteiger partial charge in [0.2, 0.25) is 0 Å². The van der Waals surface area contributed by atoms with E-state index in [1.165, 1.54) is 38.5 Å². The average molecular weight is 311 g/mol. The highest BCUT2D eigenvalue weighted by atomic mass is 79.9. The molecule has 1 saturated carbocycles. The number of rotatable bonds is 1. The number of carbonyl (C=O) groups excluding carboxylic acids is 1. The van der Waals surface area contributed by atoms with Crippen LogP contribution in [0.2, 0.25) is 0 Å². The lowest BCUT2D eigenvalue weighted by Gasteiger charge is -2.39. The van der Waals surface area contributed by atoms with E-state index in [1.54, 1.807) is 0 Å². The molecule has 1 N–H and O–H groups in total. The van der Waals surface area contributed by atoms with Crippen molar-refractivity contribution >= 4 is 21.8 Å². The topological polar surface area (TPSA) is 36.1 Å². The molecule has 0 radical (unpaired) electrons. The van der Waals surface area contributed by atoms with E-state index < -0.39 is 0 Å². The maximum absolute atomic E-state index is 12.3. The second kappa shape index (κ2) is 4.72. The van der Waals surface area contributed by atoms with Crippen molar-refractivity contribution in [1.82, 2.24) is 9.88 Å². The Hall–Kier alpha value is -0.770. The van der Waals surface area contributed by atoms with Gasteiger partial charge >= 0.3 is 0 Å². The maximum Gasteiger partial charge on any atom is 0.270 e. The summed E-state index contributed by atoms with van der Waals surface area (Å²) >= 11 is 3.37. The third-order valence-electron chi connectivity index (χ3n) is 4.65. The Morgan fingerprint density at radius 2 is 1.89 bits per heavy atom. The first-order chi connectivity index (χ1) is 8.69. The zero-order valence-corrected chi connectivity index (χ0v) is 12.1. The van der Waals surface area contributed by atoms with Crippen molar-refractivity contribution in [1.29, 1.82) is 0 Å². The van der Waals surface area contributed by atoms with Crippen molar-refractivity contribution < 1.29 is 4.79 Å². The third kappa shape index (κ3) is 2.22. The lowest BCUT2D eigenvalue weighted by Crippen LogP contribution is -2.42.